The predicted molar refractivity (Wildman–Crippen MR) is 60.3 cm³/mol. The fourth-order valence-electron chi connectivity index (χ4n) is 1.25. The van der Waals surface area contributed by atoms with E-state index in [-0.39, 0.29) is 18.4 Å². The molecule has 0 radical (unpaired) electrons. The first-order valence-electron chi connectivity index (χ1n) is 4.76. The highest BCUT2D eigenvalue weighted by molar-refractivity contribution is 5.74. The summed E-state index contributed by atoms with van der Waals surface area (Å²) >= 11 is 0. The minimum Gasteiger partial charge on any atom is -0.397 e. The van der Waals surface area contributed by atoms with E-state index in [0.29, 0.717) is 11.5 Å². The molecular formula is C10H16N4O. The Balaban J connectivity index is 2.64. The van der Waals surface area contributed by atoms with E-state index in [0.717, 1.165) is 5.56 Å². The first-order chi connectivity index (χ1) is 6.99. The van der Waals surface area contributed by atoms with Gasteiger partial charge in [-0.15, -0.1) is 0 Å². The number of nitrogens with two attached hydrogens (primary N) is 2. The van der Waals surface area contributed by atoms with E-state index >= 15 is 0 Å². The van der Waals surface area contributed by atoms with Crippen LogP contribution < -0.4 is 16.8 Å². The maximum atomic E-state index is 10.7. The molecule has 5 nitrogen and oxygen atoms in total. The van der Waals surface area contributed by atoms with Crippen LogP contribution in [0.25, 0.3) is 0 Å². The Kier molecular flexibility index (Phi) is 3.49. The summed E-state index contributed by atoms with van der Waals surface area (Å²) in [5.41, 5.74) is 12.3. The summed E-state index contributed by atoms with van der Waals surface area (Å²) in [7, 11) is 0. The van der Waals surface area contributed by atoms with Gasteiger partial charge < -0.3 is 16.8 Å². The first-order valence-corrected chi connectivity index (χ1v) is 4.76. The SMILES string of the molecule is Cc1cc(NC(C)CC(N)=O)ncc1N. The number of hydrogen-bond donors (Lipinski definition) is 3. The highest BCUT2D eigenvalue weighted by atomic mass is 16.1. The highest BCUT2D eigenvalue weighted by Crippen LogP contribution is 2.14. The molecule has 1 rings (SSSR count). The zero-order chi connectivity index (χ0) is 11.4. The number of carbonyl (C=O) groups excluding carboxylic acids is 1. The molecule has 0 spiro atoms. The molecule has 1 heterocycles. The van der Waals surface area contributed by atoms with Crippen molar-refractivity contribution in [2.24, 2.45) is 5.73 Å². The van der Waals surface area contributed by atoms with Crippen molar-refractivity contribution in [1.82, 2.24) is 4.98 Å². The van der Waals surface area contributed by atoms with Crippen LogP contribution in [0.15, 0.2) is 12.3 Å². The second-order valence-electron chi connectivity index (χ2n) is 3.64. The number of aryl methyl sites for hydroxylation is 1. The maximum absolute atomic E-state index is 10.7. The van der Waals surface area contributed by atoms with Crippen molar-refractivity contribution in [3.63, 3.8) is 0 Å². The van der Waals surface area contributed by atoms with Gasteiger partial charge in [0.25, 0.3) is 0 Å². The first kappa shape index (κ1) is 11.3. The number of rotatable bonds is 4. The Labute approximate surface area is 88.9 Å². The average Bonchev–Trinajstić information content (AvgIpc) is 2.10. The second-order valence-corrected chi connectivity index (χ2v) is 3.64. The summed E-state index contributed by atoms with van der Waals surface area (Å²) in [6.07, 6.45) is 1.87. The molecule has 0 aliphatic carbocycles. The van der Waals surface area contributed by atoms with E-state index in [4.69, 9.17) is 11.5 Å². The molecule has 1 atom stereocenters. The summed E-state index contributed by atoms with van der Waals surface area (Å²) in [6.45, 7) is 3.78. The van der Waals surface area contributed by atoms with Gasteiger partial charge in [-0.05, 0) is 25.5 Å². The van der Waals surface area contributed by atoms with Crippen molar-refractivity contribution < 1.29 is 4.79 Å². The van der Waals surface area contributed by atoms with Gasteiger partial charge in [-0.1, -0.05) is 0 Å². The normalized spacial score (nSPS) is 12.1. The Bertz CT molecular complexity index is 364. The lowest BCUT2D eigenvalue weighted by atomic mass is 10.2. The molecule has 82 valence electrons. The lowest BCUT2D eigenvalue weighted by Gasteiger charge is -2.13. The largest absolute Gasteiger partial charge is 0.397 e. The lowest BCUT2D eigenvalue weighted by Crippen LogP contribution is -2.24. The molecule has 0 saturated heterocycles. The minimum atomic E-state index is -0.331. The average molecular weight is 208 g/mol. The number of hydrogen-bond acceptors (Lipinski definition) is 4. The summed E-state index contributed by atoms with van der Waals surface area (Å²) < 4.78 is 0. The molecule has 0 aromatic carbocycles. The quantitative estimate of drug-likeness (QED) is 0.677. The zero-order valence-corrected chi connectivity index (χ0v) is 8.95. The topological polar surface area (TPSA) is 94.0 Å². The maximum Gasteiger partial charge on any atom is 0.219 e. The van der Waals surface area contributed by atoms with Crippen LogP contribution in [0, 0.1) is 6.92 Å². The van der Waals surface area contributed by atoms with Crippen LogP contribution in [0.3, 0.4) is 0 Å². The number of amides is 1. The number of nitrogen functional groups attached to an aromatic ring is 1. The summed E-state index contributed by atoms with van der Waals surface area (Å²) in [6, 6.07) is 1.81. The molecule has 5 heteroatoms. The van der Waals surface area contributed by atoms with E-state index in [1.54, 1.807) is 6.20 Å². The van der Waals surface area contributed by atoms with Crippen molar-refractivity contribution in [2.75, 3.05) is 11.1 Å². The van der Waals surface area contributed by atoms with Crippen LogP contribution in [0.2, 0.25) is 0 Å². The Morgan fingerprint density at radius 3 is 2.87 bits per heavy atom. The van der Waals surface area contributed by atoms with Gasteiger partial charge in [0.05, 0.1) is 11.9 Å². The van der Waals surface area contributed by atoms with Crippen molar-refractivity contribution in [2.45, 2.75) is 26.3 Å². The molecule has 0 aliphatic rings. The molecule has 1 unspecified atom stereocenters. The van der Waals surface area contributed by atoms with Crippen LogP contribution in [0.4, 0.5) is 11.5 Å². The molecule has 0 saturated carbocycles. The van der Waals surface area contributed by atoms with E-state index in [1.807, 2.05) is 19.9 Å². The fraction of sp³-hybridized carbons (Fsp3) is 0.400. The Hall–Kier alpha value is -1.78. The molecule has 5 N–H and O–H groups in total. The number of anilines is 2. The van der Waals surface area contributed by atoms with Crippen LogP contribution in [0.5, 0.6) is 0 Å². The van der Waals surface area contributed by atoms with Gasteiger partial charge in [-0.3, -0.25) is 4.79 Å². The van der Waals surface area contributed by atoms with Gasteiger partial charge in [-0.2, -0.15) is 0 Å². The zero-order valence-electron chi connectivity index (χ0n) is 8.95. The summed E-state index contributed by atoms with van der Waals surface area (Å²) in [5, 5.41) is 3.07. The molecule has 0 fully saturated rings. The molecule has 0 aliphatic heterocycles. The van der Waals surface area contributed by atoms with Crippen molar-refractivity contribution in [3.8, 4) is 0 Å². The van der Waals surface area contributed by atoms with Crippen LogP contribution in [-0.4, -0.2) is 16.9 Å². The number of aromatic nitrogens is 1. The monoisotopic (exact) mass is 208 g/mol. The van der Waals surface area contributed by atoms with Crippen LogP contribution in [-0.2, 0) is 4.79 Å². The van der Waals surface area contributed by atoms with Gasteiger partial charge in [0.15, 0.2) is 0 Å². The summed E-state index contributed by atoms with van der Waals surface area (Å²) in [4.78, 5) is 14.8. The molecule has 1 aromatic heterocycles. The number of nitrogens with one attached hydrogen (secondary N) is 1. The lowest BCUT2D eigenvalue weighted by molar-refractivity contribution is -0.118. The van der Waals surface area contributed by atoms with Gasteiger partial charge in [-0.25, -0.2) is 4.98 Å². The smallest absolute Gasteiger partial charge is 0.219 e. The molecule has 15 heavy (non-hydrogen) atoms. The molecule has 0 bridgehead atoms. The third kappa shape index (κ3) is 3.46. The third-order valence-electron chi connectivity index (χ3n) is 2.05. The molecular weight excluding hydrogens is 192 g/mol. The van der Waals surface area contributed by atoms with Crippen molar-refractivity contribution in [3.05, 3.63) is 17.8 Å². The van der Waals surface area contributed by atoms with Gasteiger partial charge in [0, 0.05) is 12.5 Å². The van der Waals surface area contributed by atoms with E-state index in [2.05, 4.69) is 10.3 Å². The number of nitrogens with zero attached hydrogens (tertiary/aromatic N) is 1. The number of carbonyl (C=O) groups is 1. The Morgan fingerprint density at radius 2 is 2.33 bits per heavy atom. The van der Waals surface area contributed by atoms with E-state index in [1.165, 1.54) is 0 Å². The fourth-order valence-corrected chi connectivity index (χ4v) is 1.25. The van der Waals surface area contributed by atoms with Crippen LogP contribution >= 0.6 is 0 Å². The second kappa shape index (κ2) is 4.63. The van der Waals surface area contributed by atoms with E-state index in [9.17, 15) is 4.79 Å². The summed E-state index contributed by atoms with van der Waals surface area (Å²) in [5.74, 6) is 0.373. The Morgan fingerprint density at radius 1 is 1.67 bits per heavy atom. The highest BCUT2D eigenvalue weighted by Gasteiger charge is 2.06. The van der Waals surface area contributed by atoms with Crippen molar-refractivity contribution >= 4 is 17.4 Å². The minimum absolute atomic E-state index is 0.0296. The van der Waals surface area contributed by atoms with Gasteiger partial charge >= 0.3 is 0 Å². The van der Waals surface area contributed by atoms with E-state index < -0.39 is 0 Å². The standard InChI is InChI=1S/C10H16N4O/c1-6-3-10(13-5-8(6)11)14-7(2)4-9(12)15/h3,5,7H,4,11H2,1-2H3,(H2,12,15)(H,13,14). The molecule has 1 amide bonds. The molecule has 1 aromatic rings. The third-order valence-corrected chi connectivity index (χ3v) is 2.05. The number of primary amides is 1. The number of pyridine rings is 1. The van der Waals surface area contributed by atoms with Crippen molar-refractivity contribution in [1.29, 1.82) is 0 Å². The predicted octanol–water partition coefficient (Wildman–Crippen LogP) is 0.648. The van der Waals surface area contributed by atoms with Crippen LogP contribution in [0.1, 0.15) is 18.9 Å². The van der Waals surface area contributed by atoms with Gasteiger partial charge in [0.1, 0.15) is 5.82 Å². The van der Waals surface area contributed by atoms with Gasteiger partial charge in [0.2, 0.25) is 5.91 Å².